The van der Waals surface area contributed by atoms with Crippen molar-refractivity contribution in [1.82, 2.24) is 9.78 Å². The molecule has 0 saturated heterocycles. The molecule has 3 rings (SSSR count). The Hall–Kier alpha value is -2.54. The summed E-state index contributed by atoms with van der Waals surface area (Å²) >= 11 is 18.2. The number of hydrogen-bond donors (Lipinski definition) is 1. The van der Waals surface area contributed by atoms with E-state index in [-0.39, 0.29) is 10.7 Å². The number of benzene rings is 2. The molecule has 0 bridgehead atoms. The summed E-state index contributed by atoms with van der Waals surface area (Å²) in [6.45, 7) is 0. The van der Waals surface area contributed by atoms with E-state index in [0.717, 1.165) is 0 Å². The zero-order valence-corrected chi connectivity index (χ0v) is 16.3. The van der Waals surface area contributed by atoms with E-state index < -0.39 is 5.56 Å². The maximum Gasteiger partial charge on any atom is 0.292 e. The molecule has 0 unspecified atom stereocenters. The summed E-state index contributed by atoms with van der Waals surface area (Å²) in [4.78, 5) is 12.5. The molecular formula is C18H13Cl3N4O2. The number of nitrogens with one attached hydrogen (secondary N) is 1. The Morgan fingerprint density at radius 3 is 2.56 bits per heavy atom. The highest BCUT2D eigenvalue weighted by atomic mass is 35.5. The number of halogens is 3. The number of anilines is 1. The fourth-order valence-corrected chi connectivity index (χ4v) is 2.74. The van der Waals surface area contributed by atoms with Gasteiger partial charge in [-0.15, -0.1) is 0 Å². The van der Waals surface area contributed by atoms with Crippen molar-refractivity contribution >= 4 is 46.7 Å². The van der Waals surface area contributed by atoms with Crippen molar-refractivity contribution in [2.24, 2.45) is 5.10 Å². The second-order valence-electron chi connectivity index (χ2n) is 5.30. The first kappa shape index (κ1) is 19.2. The Bertz CT molecular complexity index is 1050. The smallest absolute Gasteiger partial charge is 0.292 e. The number of aromatic nitrogens is 2. The van der Waals surface area contributed by atoms with E-state index in [0.29, 0.717) is 27.0 Å². The zero-order valence-electron chi connectivity index (χ0n) is 14.0. The third kappa shape index (κ3) is 4.24. The fraction of sp³-hybridized carbons (Fsp3) is 0.0556. The van der Waals surface area contributed by atoms with Crippen LogP contribution in [0, 0.1) is 0 Å². The van der Waals surface area contributed by atoms with Crippen LogP contribution < -0.4 is 15.7 Å². The van der Waals surface area contributed by atoms with Gasteiger partial charge in [0.15, 0.2) is 0 Å². The standard InChI is InChI=1S/C18H13Cl3N4O2/c1-27-13-7-5-12(6-8-13)25-18(26)17(21)15(10-23-25)24-22-9-11-3-2-4-14(19)16(11)20/h2-10,24H,1H3/b22-9-. The van der Waals surface area contributed by atoms with E-state index in [1.807, 2.05) is 0 Å². The number of ether oxygens (including phenoxy) is 1. The van der Waals surface area contributed by atoms with E-state index in [1.165, 1.54) is 17.1 Å². The van der Waals surface area contributed by atoms with Crippen molar-refractivity contribution in [1.29, 1.82) is 0 Å². The Balaban J connectivity index is 1.83. The maximum absolute atomic E-state index is 12.5. The average molecular weight is 424 g/mol. The van der Waals surface area contributed by atoms with Gasteiger partial charge >= 0.3 is 0 Å². The molecule has 1 heterocycles. The van der Waals surface area contributed by atoms with E-state index in [9.17, 15) is 4.79 Å². The first-order valence-electron chi connectivity index (χ1n) is 7.66. The van der Waals surface area contributed by atoms with Crippen LogP contribution in [0.15, 0.2) is 58.6 Å². The van der Waals surface area contributed by atoms with Crippen molar-refractivity contribution in [3.8, 4) is 11.4 Å². The zero-order chi connectivity index (χ0) is 19.4. The molecule has 0 fully saturated rings. The van der Waals surface area contributed by atoms with Gasteiger partial charge in [-0.2, -0.15) is 14.9 Å². The molecule has 0 aliphatic rings. The Labute approximate surface area is 169 Å². The summed E-state index contributed by atoms with van der Waals surface area (Å²) < 4.78 is 6.28. The minimum absolute atomic E-state index is 0.0461. The predicted octanol–water partition coefficient (Wildman–Crippen LogP) is 4.65. The molecule has 1 N–H and O–H groups in total. The Morgan fingerprint density at radius 1 is 1.11 bits per heavy atom. The fourth-order valence-electron chi connectivity index (χ4n) is 2.21. The third-order valence-corrected chi connectivity index (χ3v) is 4.80. The Morgan fingerprint density at radius 2 is 1.85 bits per heavy atom. The van der Waals surface area contributed by atoms with Gasteiger partial charge in [0.1, 0.15) is 16.5 Å². The number of rotatable bonds is 5. The van der Waals surface area contributed by atoms with Gasteiger partial charge in [-0.3, -0.25) is 10.2 Å². The normalized spacial score (nSPS) is 11.0. The third-order valence-electron chi connectivity index (χ3n) is 3.61. The summed E-state index contributed by atoms with van der Waals surface area (Å²) in [5.74, 6) is 0.671. The van der Waals surface area contributed by atoms with E-state index in [2.05, 4.69) is 15.6 Å². The van der Waals surface area contributed by atoms with Crippen LogP contribution in [0.1, 0.15) is 5.56 Å². The summed E-state index contributed by atoms with van der Waals surface area (Å²) in [7, 11) is 1.56. The highest BCUT2D eigenvalue weighted by Gasteiger charge is 2.10. The topological polar surface area (TPSA) is 68.5 Å². The van der Waals surface area contributed by atoms with E-state index in [1.54, 1.807) is 49.6 Å². The number of hydrazone groups is 1. The summed E-state index contributed by atoms with van der Waals surface area (Å²) in [6, 6.07) is 12.0. The van der Waals surface area contributed by atoms with Crippen molar-refractivity contribution < 1.29 is 4.74 Å². The highest BCUT2D eigenvalue weighted by Crippen LogP contribution is 2.24. The monoisotopic (exact) mass is 422 g/mol. The summed E-state index contributed by atoms with van der Waals surface area (Å²) in [5, 5.41) is 8.90. The lowest BCUT2D eigenvalue weighted by molar-refractivity contribution is 0.414. The van der Waals surface area contributed by atoms with Crippen molar-refractivity contribution in [2.45, 2.75) is 0 Å². The second kappa shape index (κ2) is 8.43. The van der Waals surface area contributed by atoms with Gasteiger partial charge in [0.25, 0.3) is 5.56 Å². The van der Waals surface area contributed by atoms with Crippen LogP contribution in [0.2, 0.25) is 15.1 Å². The molecule has 0 saturated carbocycles. The van der Waals surface area contributed by atoms with Gasteiger partial charge in [0, 0.05) is 5.56 Å². The first-order valence-corrected chi connectivity index (χ1v) is 8.80. The molecule has 0 radical (unpaired) electrons. The number of methoxy groups -OCH3 is 1. The lowest BCUT2D eigenvalue weighted by Crippen LogP contribution is -2.22. The lowest BCUT2D eigenvalue weighted by Gasteiger charge is -2.08. The van der Waals surface area contributed by atoms with Gasteiger partial charge in [-0.25, -0.2) is 0 Å². The molecule has 0 spiro atoms. The quantitative estimate of drug-likeness (QED) is 0.479. The molecule has 0 aliphatic carbocycles. The van der Waals surface area contributed by atoms with Crippen LogP contribution in [0.25, 0.3) is 5.69 Å². The van der Waals surface area contributed by atoms with Crippen LogP contribution in [-0.4, -0.2) is 23.1 Å². The van der Waals surface area contributed by atoms with Gasteiger partial charge in [-0.05, 0) is 30.3 Å². The maximum atomic E-state index is 12.5. The number of nitrogens with zero attached hydrogens (tertiary/aromatic N) is 3. The van der Waals surface area contributed by atoms with Gasteiger partial charge < -0.3 is 4.74 Å². The van der Waals surface area contributed by atoms with Crippen LogP contribution in [0.5, 0.6) is 5.75 Å². The molecule has 138 valence electrons. The van der Waals surface area contributed by atoms with Crippen LogP contribution in [0.3, 0.4) is 0 Å². The predicted molar refractivity (Wildman–Crippen MR) is 109 cm³/mol. The molecule has 3 aromatic rings. The minimum Gasteiger partial charge on any atom is -0.497 e. The van der Waals surface area contributed by atoms with Crippen LogP contribution in [0.4, 0.5) is 5.69 Å². The minimum atomic E-state index is -0.483. The molecule has 0 atom stereocenters. The average Bonchev–Trinajstić information content (AvgIpc) is 2.68. The summed E-state index contributed by atoms with van der Waals surface area (Å²) in [6.07, 6.45) is 2.88. The van der Waals surface area contributed by atoms with E-state index >= 15 is 0 Å². The van der Waals surface area contributed by atoms with Crippen molar-refractivity contribution in [3.63, 3.8) is 0 Å². The molecule has 6 nitrogen and oxygen atoms in total. The summed E-state index contributed by atoms with van der Waals surface area (Å²) in [5.41, 5.74) is 3.64. The van der Waals surface area contributed by atoms with Crippen molar-refractivity contribution in [2.75, 3.05) is 12.5 Å². The SMILES string of the molecule is COc1ccc(-n2ncc(N/N=C\c3cccc(Cl)c3Cl)c(Cl)c2=O)cc1. The molecule has 0 amide bonds. The van der Waals surface area contributed by atoms with Gasteiger partial charge in [0.05, 0.1) is 35.3 Å². The van der Waals surface area contributed by atoms with Gasteiger partial charge in [0.2, 0.25) is 0 Å². The van der Waals surface area contributed by atoms with Crippen LogP contribution >= 0.6 is 34.8 Å². The second-order valence-corrected chi connectivity index (χ2v) is 6.46. The highest BCUT2D eigenvalue weighted by molar-refractivity contribution is 6.43. The molecule has 0 aliphatic heterocycles. The van der Waals surface area contributed by atoms with Gasteiger partial charge in [-0.1, -0.05) is 46.9 Å². The molecular weight excluding hydrogens is 411 g/mol. The Kier molecular flexibility index (Phi) is 6.01. The largest absolute Gasteiger partial charge is 0.497 e. The molecule has 2 aromatic carbocycles. The first-order chi connectivity index (χ1) is 13.0. The molecule has 1 aromatic heterocycles. The molecule has 27 heavy (non-hydrogen) atoms. The number of hydrogen-bond acceptors (Lipinski definition) is 5. The lowest BCUT2D eigenvalue weighted by atomic mass is 10.2. The van der Waals surface area contributed by atoms with E-state index in [4.69, 9.17) is 39.5 Å². The van der Waals surface area contributed by atoms with Crippen molar-refractivity contribution in [3.05, 3.63) is 79.6 Å². The van der Waals surface area contributed by atoms with Crippen LogP contribution in [-0.2, 0) is 0 Å². The molecule has 9 heteroatoms.